The summed E-state index contributed by atoms with van der Waals surface area (Å²) in [7, 11) is 1.35. The molecule has 1 rings (SSSR count). The predicted molar refractivity (Wildman–Crippen MR) is 81.6 cm³/mol. The lowest BCUT2D eigenvalue weighted by Gasteiger charge is -2.21. The van der Waals surface area contributed by atoms with E-state index in [4.69, 9.17) is 21.1 Å². The summed E-state index contributed by atoms with van der Waals surface area (Å²) in [6.45, 7) is 4.18. The van der Waals surface area contributed by atoms with Crippen molar-refractivity contribution in [2.24, 2.45) is 5.92 Å². The van der Waals surface area contributed by atoms with Gasteiger partial charge in [0.05, 0.1) is 7.11 Å². The maximum atomic E-state index is 11.6. The maximum absolute atomic E-state index is 11.6. The summed E-state index contributed by atoms with van der Waals surface area (Å²) in [5.41, 5.74) is 0. The molecule has 118 valence electrons. The minimum Gasteiger partial charge on any atom is -0.491 e. The van der Waals surface area contributed by atoms with E-state index in [-0.39, 0.29) is 25.0 Å². The Labute approximate surface area is 130 Å². The monoisotopic (exact) mass is 315 g/mol. The lowest BCUT2D eigenvalue weighted by Crippen LogP contribution is -2.45. The van der Waals surface area contributed by atoms with Crippen LogP contribution in [0, 0.1) is 5.92 Å². The molecule has 21 heavy (non-hydrogen) atoms. The number of aliphatic hydroxyl groups excluding tert-OH is 1. The first kappa shape index (κ1) is 17.8. The Morgan fingerprint density at radius 1 is 1.33 bits per heavy atom. The van der Waals surface area contributed by atoms with Gasteiger partial charge < -0.3 is 19.9 Å². The number of nitrogens with one attached hydrogen (secondary N) is 1. The number of hydrogen-bond acceptors (Lipinski definition) is 5. The minimum atomic E-state index is -0.730. The molecule has 0 radical (unpaired) electrons. The molecule has 1 aromatic rings. The molecule has 5 nitrogen and oxygen atoms in total. The van der Waals surface area contributed by atoms with Crippen molar-refractivity contribution < 1.29 is 19.4 Å². The highest BCUT2D eigenvalue weighted by Gasteiger charge is 2.23. The van der Waals surface area contributed by atoms with Crippen LogP contribution in [0.2, 0.25) is 5.02 Å². The lowest BCUT2D eigenvalue weighted by atomic mass is 10.0. The highest BCUT2D eigenvalue weighted by atomic mass is 35.5. The van der Waals surface area contributed by atoms with Crippen LogP contribution in [-0.2, 0) is 9.53 Å². The van der Waals surface area contributed by atoms with E-state index in [1.165, 1.54) is 7.11 Å². The van der Waals surface area contributed by atoms with E-state index in [0.717, 1.165) is 0 Å². The van der Waals surface area contributed by atoms with Crippen LogP contribution in [-0.4, -0.2) is 43.5 Å². The second-order valence-corrected chi connectivity index (χ2v) is 5.51. The fourth-order valence-corrected chi connectivity index (χ4v) is 1.89. The van der Waals surface area contributed by atoms with Crippen molar-refractivity contribution in [1.29, 1.82) is 0 Å². The van der Waals surface area contributed by atoms with E-state index in [1.807, 2.05) is 13.8 Å². The fraction of sp³-hybridized carbons (Fsp3) is 0.533. The van der Waals surface area contributed by atoms with Crippen LogP contribution >= 0.6 is 11.6 Å². The lowest BCUT2D eigenvalue weighted by molar-refractivity contribution is -0.144. The summed E-state index contributed by atoms with van der Waals surface area (Å²) < 4.78 is 10.2. The van der Waals surface area contributed by atoms with Gasteiger partial charge in [-0.2, -0.15) is 0 Å². The van der Waals surface area contributed by atoms with Crippen LogP contribution in [0.5, 0.6) is 5.75 Å². The first-order chi connectivity index (χ1) is 9.93. The Balaban J connectivity index is 2.37. The third-order valence-electron chi connectivity index (χ3n) is 2.95. The van der Waals surface area contributed by atoms with Crippen molar-refractivity contribution in [2.75, 3.05) is 20.3 Å². The number of carbonyl (C=O) groups is 1. The molecule has 6 heteroatoms. The fourth-order valence-electron chi connectivity index (χ4n) is 1.76. The zero-order chi connectivity index (χ0) is 15.8. The molecule has 0 aliphatic carbocycles. The van der Waals surface area contributed by atoms with Crippen molar-refractivity contribution in [3.63, 3.8) is 0 Å². The molecule has 2 N–H and O–H groups in total. The Morgan fingerprint density at radius 2 is 1.95 bits per heavy atom. The number of esters is 1. The Bertz CT molecular complexity index is 436. The highest BCUT2D eigenvalue weighted by molar-refractivity contribution is 6.30. The molecule has 0 spiro atoms. The topological polar surface area (TPSA) is 67.8 Å². The molecule has 0 saturated heterocycles. The summed E-state index contributed by atoms with van der Waals surface area (Å²) in [5.74, 6) is 0.365. The van der Waals surface area contributed by atoms with Crippen LogP contribution in [0.3, 0.4) is 0 Å². The SMILES string of the molecule is COC(=O)C(NCC(O)COc1ccc(Cl)cc1)C(C)C. The highest BCUT2D eigenvalue weighted by Crippen LogP contribution is 2.15. The number of ether oxygens (including phenoxy) is 2. The number of rotatable bonds is 8. The van der Waals surface area contributed by atoms with Crippen LogP contribution in [0.4, 0.5) is 0 Å². The van der Waals surface area contributed by atoms with Gasteiger partial charge >= 0.3 is 5.97 Å². The number of halogens is 1. The van der Waals surface area contributed by atoms with Crippen LogP contribution in [0.25, 0.3) is 0 Å². The molecular formula is C15H22ClNO4. The van der Waals surface area contributed by atoms with Crippen molar-refractivity contribution in [3.05, 3.63) is 29.3 Å². The van der Waals surface area contributed by atoms with E-state index >= 15 is 0 Å². The van der Waals surface area contributed by atoms with Crippen molar-refractivity contribution in [2.45, 2.75) is 26.0 Å². The standard InChI is InChI=1S/C15H22ClNO4/c1-10(2)14(15(19)20-3)17-8-12(18)9-21-13-6-4-11(16)5-7-13/h4-7,10,12,14,17-18H,8-9H2,1-3H3. The second-order valence-electron chi connectivity index (χ2n) is 5.07. The number of benzene rings is 1. The number of methoxy groups -OCH3 is 1. The normalized spacial score (nSPS) is 13.8. The van der Waals surface area contributed by atoms with Gasteiger partial charge in [-0.05, 0) is 30.2 Å². The molecule has 0 heterocycles. The molecule has 2 atom stereocenters. The average Bonchev–Trinajstić information content (AvgIpc) is 2.46. The summed E-state index contributed by atoms with van der Waals surface area (Å²) in [6.07, 6.45) is -0.730. The van der Waals surface area contributed by atoms with E-state index in [9.17, 15) is 9.90 Å². The summed E-state index contributed by atoms with van der Waals surface area (Å²) in [4.78, 5) is 11.6. The van der Waals surface area contributed by atoms with Crippen LogP contribution in [0.1, 0.15) is 13.8 Å². The molecule has 1 aromatic carbocycles. The Morgan fingerprint density at radius 3 is 2.48 bits per heavy atom. The summed E-state index contributed by atoms with van der Waals surface area (Å²) in [6, 6.07) is 6.45. The van der Waals surface area contributed by atoms with Crippen LogP contribution in [0.15, 0.2) is 24.3 Å². The smallest absolute Gasteiger partial charge is 0.323 e. The quantitative estimate of drug-likeness (QED) is 0.717. The number of aliphatic hydroxyl groups is 1. The van der Waals surface area contributed by atoms with Crippen molar-refractivity contribution in [3.8, 4) is 5.75 Å². The average molecular weight is 316 g/mol. The van der Waals surface area contributed by atoms with Crippen molar-refractivity contribution in [1.82, 2.24) is 5.32 Å². The number of carbonyl (C=O) groups excluding carboxylic acids is 1. The van der Waals surface area contributed by atoms with Gasteiger partial charge in [-0.15, -0.1) is 0 Å². The largest absolute Gasteiger partial charge is 0.491 e. The van der Waals surface area contributed by atoms with Gasteiger partial charge in [0.2, 0.25) is 0 Å². The summed E-state index contributed by atoms with van der Waals surface area (Å²) in [5, 5.41) is 13.5. The third kappa shape index (κ3) is 6.33. The predicted octanol–water partition coefficient (Wildman–Crippen LogP) is 1.87. The molecule has 0 aliphatic rings. The molecule has 0 aromatic heterocycles. The first-order valence-corrected chi connectivity index (χ1v) is 7.19. The first-order valence-electron chi connectivity index (χ1n) is 6.81. The molecule has 0 aliphatic heterocycles. The third-order valence-corrected chi connectivity index (χ3v) is 3.20. The van der Waals surface area contributed by atoms with Gasteiger partial charge in [-0.1, -0.05) is 25.4 Å². The van der Waals surface area contributed by atoms with Gasteiger partial charge in [0, 0.05) is 11.6 Å². The molecule has 0 amide bonds. The van der Waals surface area contributed by atoms with Gasteiger partial charge in [-0.3, -0.25) is 4.79 Å². The van der Waals surface area contributed by atoms with E-state index < -0.39 is 12.1 Å². The van der Waals surface area contributed by atoms with E-state index in [2.05, 4.69) is 5.32 Å². The van der Waals surface area contributed by atoms with Gasteiger partial charge in [0.1, 0.15) is 24.5 Å². The number of hydrogen-bond donors (Lipinski definition) is 2. The molecule has 0 saturated carbocycles. The molecular weight excluding hydrogens is 294 g/mol. The van der Waals surface area contributed by atoms with Gasteiger partial charge in [0.25, 0.3) is 0 Å². The Hall–Kier alpha value is -1.30. The van der Waals surface area contributed by atoms with Gasteiger partial charge in [0.15, 0.2) is 0 Å². The van der Waals surface area contributed by atoms with Crippen molar-refractivity contribution >= 4 is 17.6 Å². The molecule has 0 fully saturated rings. The zero-order valence-electron chi connectivity index (χ0n) is 12.5. The second kappa shape index (κ2) is 8.87. The molecule has 2 unspecified atom stereocenters. The zero-order valence-corrected chi connectivity index (χ0v) is 13.3. The van der Waals surface area contributed by atoms with Gasteiger partial charge in [-0.25, -0.2) is 0 Å². The van der Waals surface area contributed by atoms with Crippen LogP contribution < -0.4 is 10.1 Å². The van der Waals surface area contributed by atoms with E-state index in [0.29, 0.717) is 10.8 Å². The molecule has 0 bridgehead atoms. The Kier molecular flexibility index (Phi) is 7.50. The minimum absolute atomic E-state index is 0.0711. The maximum Gasteiger partial charge on any atom is 0.323 e. The van der Waals surface area contributed by atoms with E-state index in [1.54, 1.807) is 24.3 Å². The summed E-state index contributed by atoms with van der Waals surface area (Å²) >= 11 is 5.77.